The monoisotopic (exact) mass is 461 g/mol. The number of hydrogen-bond donors (Lipinski definition) is 1. The van der Waals surface area contributed by atoms with E-state index >= 15 is 0 Å². The molecule has 4 rings (SSSR count). The van der Waals surface area contributed by atoms with E-state index in [1.807, 2.05) is 6.07 Å². The number of nitrogens with one attached hydrogen (secondary N) is 1. The number of fused-ring (bicyclic) bond motifs is 1. The Labute approximate surface area is 184 Å². The van der Waals surface area contributed by atoms with Crippen LogP contribution in [-0.2, 0) is 35.7 Å². The molecular weight excluding hydrogens is 438 g/mol. The average Bonchev–Trinajstić information content (AvgIpc) is 3.26. The highest BCUT2D eigenvalue weighted by atomic mass is 32.2. The van der Waals surface area contributed by atoms with E-state index in [1.54, 1.807) is 31.2 Å². The van der Waals surface area contributed by atoms with Gasteiger partial charge in [-0.05, 0) is 19.1 Å². The third-order valence-electron chi connectivity index (χ3n) is 5.31. The Bertz CT molecular complexity index is 1150. The summed E-state index contributed by atoms with van der Waals surface area (Å²) in [7, 11) is -3.35. The number of amides is 3. The van der Waals surface area contributed by atoms with E-state index in [0.717, 1.165) is 0 Å². The molecule has 1 saturated heterocycles. The number of para-hydroxylation sites is 1. The number of sulfone groups is 1. The maximum absolute atomic E-state index is 12.8. The number of piperazine rings is 1. The van der Waals surface area contributed by atoms with Gasteiger partial charge in [0.2, 0.25) is 0 Å². The molecule has 2 aliphatic rings. The lowest BCUT2D eigenvalue weighted by atomic mass is 10.2. The lowest BCUT2D eigenvalue weighted by Crippen LogP contribution is -2.53. The SMILES string of the molecule is CCOC(=O)N1CCN(C(=O)C(=O)Nc2c3c(nn2-c2ccccc2)CS(=O)(=O)C3)CC1. The summed E-state index contributed by atoms with van der Waals surface area (Å²) in [6.45, 7) is 2.87. The highest BCUT2D eigenvalue weighted by Gasteiger charge is 2.35. The summed E-state index contributed by atoms with van der Waals surface area (Å²) in [6.07, 6.45) is -0.451. The molecule has 3 amide bonds. The maximum atomic E-state index is 12.8. The largest absolute Gasteiger partial charge is 0.450 e. The summed E-state index contributed by atoms with van der Waals surface area (Å²) >= 11 is 0. The molecule has 0 atom stereocenters. The Morgan fingerprint density at radius 1 is 1.03 bits per heavy atom. The minimum absolute atomic E-state index is 0.177. The summed E-state index contributed by atoms with van der Waals surface area (Å²) in [6, 6.07) is 8.94. The molecule has 0 aliphatic carbocycles. The molecule has 0 radical (unpaired) electrons. The standard InChI is InChI=1S/C20H23N5O6S/c1-2-31-20(28)24-10-8-23(9-11-24)19(27)18(26)21-17-15-12-32(29,30)13-16(15)22-25(17)14-6-4-3-5-7-14/h3-7H,2,8-13H2,1H3,(H,21,26). The molecule has 170 valence electrons. The fraction of sp³-hybridized carbons (Fsp3) is 0.400. The number of benzene rings is 1. The molecule has 2 aromatic rings. The Hall–Kier alpha value is -3.41. The van der Waals surface area contributed by atoms with Gasteiger partial charge in [0.1, 0.15) is 5.82 Å². The second kappa shape index (κ2) is 8.61. The van der Waals surface area contributed by atoms with E-state index in [9.17, 15) is 22.8 Å². The lowest BCUT2D eigenvalue weighted by molar-refractivity contribution is -0.144. The second-order valence-electron chi connectivity index (χ2n) is 7.49. The van der Waals surface area contributed by atoms with Crippen molar-refractivity contribution in [2.24, 2.45) is 0 Å². The van der Waals surface area contributed by atoms with Crippen LogP contribution in [0, 0.1) is 0 Å². The van der Waals surface area contributed by atoms with Crippen LogP contribution in [0.4, 0.5) is 10.6 Å². The van der Waals surface area contributed by atoms with Gasteiger partial charge in [-0.2, -0.15) is 5.10 Å². The van der Waals surface area contributed by atoms with Gasteiger partial charge in [0.25, 0.3) is 0 Å². The number of anilines is 1. The fourth-order valence-electron chi connectivity index (χ4n) is 3.74. The number of carbonyl (C=O) groups excluding carboxylic acids is 3. The summed E-state index contributed by atoms with van der Waals surface area (Å²) in [4.78, 5) is 40.2. The number of rotatable bonds is 3. The fourth-order valence-corrected chi connectivity index (χ4v) is 5.23. The molecule has 11 nitrogen and oxygen atoms in total. The van der Waals surface area contributed by atoms with Crippen molar-refractivity contribution < 1.29 is 27.5 Å². The maximum Gasteiger partial charge on any atom is 0.409 e. The second-order valence-corrected chi connectivity index (χ2v) is 9.55. The molecule has 3 heterocycles. The average molecular weight is 462 g/mol. The van der Waals surface area contributed by atoms with Gasteiger partial charge in [-0.3, -0.25) is 9.59 Å². The zero-order chi connectivity index (χ0) is 22.9. The van der Waals surface area contributed by atoms with Crippen molar-refractivity contribution in [1.29, 1.82) is 0 Å². The van der Waals surface area contributed by atoms with E-state index < -0.39 is 27.7 Å². The molecule has 0 unspecified atom stereocenters. The first-order valence-electron chi connectivity index (χ1n) is 10.2. The Morgan fingerprint density at radius 2 is 1.69 bits per heavy atom. The molecule has 1 aromatic carbocycles. The summed E-state index contributed by atoms with van der Waals surface area (Å²) in [5, 5.41) is 6.95. The zero-order valence-electron chi connectivity index (χ0n) is 17.5. The van der Waals surface area contributed by atoms with Crippen molar-refractivity contribution in [3.05, 3.63) is 41.6 Å². The van der Waals surface area contributed by atoms with E-state index in [4.69, 9.17) is 4.74 Å². The highest BCUT2D eigenvalue weighted by molar-refractivity contribution is 7.90. The van der Waals surface area contributed by atoms with E-state index in [1.165, 1.54) is 14.5 Å². The van der Waals surface area contributed by atoms with Crippen LogP contribution < -0.4 is 5.32 Å². The van der Waals surface area contributed by atoms with Crippen LogP contribution in [0.25, 0.3) is 5.69 Å². The van der Waals surface area contributed by atoms with Crippen molar-refractivity contribution in [2.45, 2.75) is 18.4 Å². The molecule has 32 heavy (non-hydrogen) atoms. The van der Waals surface area contributed by atoms with Gasteiger partial charge < -0.3 is 19.9 Å². The molecule has 0 spiro atoms. The van der Waals surface area contributed by atoms with Gasteiger partial charge in [-0.1, -0.05) is 18.2 Å². The molecule has 1 fully saturated rings. The molecular formula is C20H23N5O6S. The number of aromatic nitrogens is 2. The molecule has 1 N–H and O–H groups in total. The number of ether oxygens (including phenoxy) is 1. The number of nitrogens with zero attached hydrogens (tertiary/aromatic N) is 4. The summed E-state index contributed by atoms with van der Waals surface area (Å²) in [5.74, 6) is -1.94. The van der Waals surface area contributed by atoms with Crippen LogP contribution in [0.2, 0.25) is 0 Å². The Balaban J connectivity index is 1.51. The number of hydrogen-bond acceptors (Lipinski definition) is 7. The summed E-state index contributed by atoms with van der Waals surface area (Å²) in [5.41, 5.74) is 1.38. The van der Waals surface area contributed by atoms with Gasteiger partial charge in [0, 0.05) is 31.7 Å². The third-order valence-corrected chi connectivity index (χ3v) is 6.75. The first-order chi connectivity index (χ1) is 15.3. The van der Waals surface area contributed by atoms with E-state index in [2.05, 4.69) is 10.4 Å². The Morgan fingerprint density at radius 3 is 2.34 bits per heavy atom. The van der Waals surface area contributed by atoms with E-state index in [-0.39, 0.29) is 50.1 Å². The van der Waals surface area contributed by atoms with Gasteiger partial charge in [-0.25, -0.2) is 17.9 Å². The van der Waals surface area contributed by atoms with E-state index in [0.29, 0.717) is 16.9 Å². The van der Waals surface area contributed by atoms with Crippen LogP contribution in [0.1, 0.15) is 18.2 Å². The summed E-state index contributed by atoms with van der Waals surface area (Å²) < 4.78 is 30.5. The number of carbonyl (C=O) groups is 3. The van der Waals surface area contributed by atoms with Crippen LogP contribution in [0.3, 0.4) is 0 Å². The van der Waals surface area contributed by atoms with Crippen molar-refractivity contribution in [3.63, 3.8) is 0 Å². The quantitative estimate of drug-likeness (QED) is 0.660. The van der Waals surface area contributed by atoms with Gasteiger partial charge >= 0.3 is 17.9 Å². The van der Waals surface area contributed by atoms with Crippen molar-refractivity contribution >= 4 is 33.6 Å². The Kier molecular flexibility index (Phi) is 5.87. The first kappa shape index (κ1) is 21.8. The molecule has 2 aliphatic heterocycles. The first-order valence-corrected chi connectivity index (χ1v) is 12.0. The normalized spacial score (nSPS) is 17.0. The lowest BCUT2D eigenvalue weighted by Gasteiger charge is -2.33. The minimum Gasteiger partial charge on any atom is -0.450 e. The topological polar surface area (TPSA) is 131 Å². The van der Waals surface area contributed by atoms with Crippen LogP contribution in [0.5, 0.6) is 0 Å². The molecule has 1 aromatic heterocycles. The molecule has 12 heteroatoms. The van der Waals surface area contributed by atoms with Crippen molar-refractivity contribution in [1.82, 2.24) is 19.6 Å². The predicted molar refractivity (Wildman–Crippen MR) is 114 cm³/mol. The van der Waals surface area contributed by atoms with Gasteiger partial charge in [0.05, 0.1) is 29.5 Å². The zero-order valence-corrected chi connectivity index (χ0v) is 18.3. The van der Waals surface area contributed by atoms with Crippen LogP contribution >= 0.6 is 0 Å². The molecule has 0 saturated carbocycles. The third kappa shape index (κ3) is 4.31. The van der Waals surface area contributed by atoms with Crippen molar-refractivity contribution in [2.75, 3.05) is 38.1 Å². The highest BCUT2D eigenvalue weighted by Crippen LogP contribution is 2.32. The molecule has 0 bridgehead atoms. The van der Waals surface area contributed by atoms with Crippen molar-refractivity contribution in [3.8, 4) is 5.69 Å². The van der Waals surface area contributed by atoms with Gasteiger partial charge in [0.15, 0.2) is 9.84 Å². The smallest absolute Gasteiger partial charge is 0.409 e. The minimum atomic E-state index is -3.35. The predicted octanol–water partition coefficient (Wildman–Crippen LogP) is 0.540. The van der Waals surface area contributed by atoms with Crippen LogP contribution in [0.15, 0.2) is 30.3 Å². The van der Waals surface area contributed by atoms with Gasteiger partial charge in [-0.15, -0.1) is 0 Å². The van der Waals surface area contributed by atoms with Crippen LogP contribution in [-0.4, -0.2) is 78.7 Å².